The maximum absolute atomic E-state index is 10.8. The van der Waals surface area contributed by atoms with Crippen LogP contribution in [0.2, 0.25) is 0 Å². The molecule has 0 aliphatic heterocycles. The highest BCUT2D eigenvalue weighted by atomic mass is 32.2. The molecule has 0 amide bonds. The maximum Gasteiger partial charge on any atom is 0.303 e. The molecule has 0 radical (unpaired) electrons. The first-order valence-corrected chi connectivity index (χ1v) is 5.48. The zero-order valence-corrected chi connectivity index (χ0v) is 7.32. The van der Waals surface area contributed by atoms with Crippen LogP contribution in [-0.2, 0) is 14.5 Å². The number of nitrogens with one attached hydrogen (secondary N) is 1. The summed E-state index contributed by atoms with van der Waals surface area (Å²) in [6.07, 6.45) is 2.55. The lowest BCUT2D eigenvalue weighted by molar-refractivity contribution is -0.137. The molecule has 0 rings (SSSR count). The van der Waals surface area contributed by atoms with E-state index in [-0.39, 0.29) is 6.42 Å². The Bertz CT molecular complexity index is 220. The third-order valence-corrected chi connectivity index (χ3v) is 2.24. The largest absolute Gasteiger partial charge is 0.481 e. The summed E-state index contributed by atoms with van der Waals surface area (Å²) in [7, 11) is -2.41. The molecule has 0 aromatic heterocycles. The highest BCUT2D eigenvalue weighted by Gasteiger charge is 1.99. The van der Waals surface area contributed by atoms with Crippen LogP contribution in [0.5, 0.6) is 0 Å². The number of carboxylic acid groups (broad SMARTS) is 1. The van der Waals surface area contributed by atoms with Crippen LogP contribution in [0.15, 0.2) is 0 Å². The Morgan fingerprint density at radius 1 is 1.55 bits per heavy atom. The third-order valence-electron chi connectivity index (χ3n) is 1.17. The van der Waals surface area contributed by atoms with Gasteiger partial charge in [0.25, 0.3) is 0 Å². The Balaban J connectivity index is 3.37. The Kier molecular flexibility index (Phi) is 4.10. The summed E-state index contributed by atoms with van der Waals surface area (Å²) in [5.41, 5.74) is 0. The van der Waals surface area contributed by atoms with Crippen molar-refractivity contribution in [3.63, 3.8) is 0 Å². The highest BCUT2D eigenvalue weighted by molar-refractivity contribution is 7.91. The molecule has 0 saturated heterocycles. The van der Waals surface area contributed by atoms with Crippen molar-refractivity contribution >= 4 is 15.7 Å². The predicted molar refractivity (Wildman–Crippen MR) is 43.1 cm³/mol. The van der Waals surface area contributed by atoms with E-state index >= 15 is 0 Å². The van der Waals surface area contributed by atoms with Crippen molar-refractivity contribution in [2.45, 2.75) is 19.3 Å². The van der Waals surface area contributed by atoms with E-state index in [0.717, 1.165) is 0 Å². The topological polar surface area (TPSA) is 78.2 Å². The minimum atomic E-state index is -2.41. The van der Waals surface area contributed by atoms with Crippen molar-refractivity contribution in [3.8, 4) is 0 Å². The summed E-state index contributed by atoms with van der Waals surface area (Å²) in [6.45, 7) is 0. The van der Waals surface area contributed by atoms with Crippen molar-refractivity contribution in [2.24, 2.45) is 0 Å². The van der Waals surface area contributed by atoms with Crippen LogP contribution in [0.25, 0.3) is 0 Å². The van der Waals surface area contributed by atoms with Gasteiger partial charge in [0.2, 0.25) is 0 Å². The molecule has 0 aromatic carbocycles. The Labute approximate surface area is 66.6 Å². The van der Waals surface area contributed by atoms with Crippen molar-refractivity contribution in [1.82, 2.24) is 0 Å². The monoisotopic (exact) mass is 179 g/mol. The standard InChI is InChI=1S/C6H13NO3S/c1-11(7,10)5-3-2-4-6(8)9/h7H,2-5H2,1H3,(H,8,9). The summed E-state index contributed by atoms with van der Waals surface area (Å²) < 4.78 is 17.7. The summed E-state index contributed by atoms with van der Waals surface area (Å²) in [5.74, 6) is -0.530. The van der Waals surface area contributed by atoms with Crippen LogP contribution in [0.4, 0.5) is 0 Å². The van der Waals surface area contributed by atoms with Gasteiger partial charge < -0.3 is 5.11 Å². The maximum atomic E-state index is 10.8. The van der Waals surface area contributed by atoms with Crippen LogP contribution in [0.1, 0.15) is 19.3 Å². The number of hydrogen-bond acceptors (Lipinski definition) is 3. The van der Waals surface area contributed by atoms with Gasteiger partial charge >= 0.3 is 5.97 Å². The summed E-state index contributed by atoms with van der Waals surface area (Å²) >= 11 is 0. The van der Waals surface area contributed by atoms with Gasteiger partial charge in [-0.2, -0.15) is 0 Å². The molecule has 0 saturated carbocycles. The fourth-order valence-corrected chi connectivity index (χ4v) is 1.41. The van der Waals surface area contributed by atoms with Gasteiger partial charge in [-0.15, -0.1) is 0 Å². The smallest absolute Gasteiger partial charge is 0.303 e. The molecule has 5 heteroatoms. The van der Waals surface area contributed by atoms with E-state index in [0.29, 0.717) is 18.6 Å². The Hall–Kier alpha value is -0.580. The molecule has 0 aromatic rings. The van der Waals surface area contributed by atoms with Crippen molar-refractivity contribution < 1.29 is 14.1 Å². The average Bonchev–Trinajstić information content (AvgIpc) is 1.78. The number of hydrogen-bond donors (Lipinski definition) is 2. The second kappa shape index (κ2) is 4.33. The number of aliphatic carboxylic acids is 1. The van der Waals surface area contributed by atoms with Crippen molar-refractivity contribution in [3.05, 3.63) is 0 Å². The lowest BCUT2D eigenvalue weighted by Gasteiger charge is -1.98. The molecule has 0 aliphatic rings. The summed E-state index contributed by atoms with van der Waals surface area (Å²) in [4.78, 5) is 10.0. The molecule has 66 valence electrons. The fraction of sp³-hybridized carbons (Fsp3) is 0.833. The van der Waals surface area contributed by atoms with Crippen LogP contribution < -0.4 is 0 Å². The molecular formula is C6H13NO3S. The van der Waals surface area contributed by atoms with Gasteiger partial charge in [-0.05, 0) is 12.8 Å². The molecule has 11 heavy (non-hydrogen) atoms. The van der Waals surface area contributed by atoms with E-state index in [1.807, 2.05) is 0 Å². The van der Waals surface area contributed by atoms with Gasteiger partial charge in [-0.25, -0.2) is 0 Å². The van der Waals surface area contributed by atoms with Gasteiger partial charge in [-0.3, -0.25) is 13.8 Å². The van der Waals surface area contributed by atoms with Crippen LogP contribution in [0, 0.1) is 4.78 Å². The van der Waals surface area contributed by atoms with Gasteiger partial charge in [0.15, 0.2) is 0 Å². The molecule has 0 aliphatic carbocycles. The minimum Gasteiger partial charge on any atom is -0.481 e. The number of carboxylic acids is 1. The lowest BCUT2D eigenvalue weighted by Crippen LogP contribution is -2.02. The average molecular weight is 179 g/mol. The molecule has 0 heterocycles. The van der Waals surface area contributed by atoms with Crippen molar-refractivity contribution in [1.29, 1.82) is 4.78 Å². The summed E-state index contributed by atoms with van der Waals surface area (Å²) in [5, 5.41) is 8.22. The van der Waals surface area contributed by atoms with E-state index in [2.05, 4.69) is 0 Å². The number of unbranched alkanes of at least 4 members (excludes halogenated alkanes) is 1. The molecule has 0 spiro atoms. The normalized spacial score (nSPS) is 15.7. The first-order valence-electron chi connectivity index (χ1n) is 3.35. The quantitative estimate of drug-likeness (QED) is 0.616. The molecular weight excluding hydrogens is 166 g/mol. The zero-order valence-electron chi connectivity index (χ0n) is 6.50. The van der Waals surface area contributed by atoms with E-state index < -0.39 is 15.7 Å². The number of carbonyl (C=O) groups is 1. The molecule has 0 fully saturated rings. The zero-order chi connectivity index (χ0) is 8.91. The molecule has 1 unspecified atom stereocenters. The molecule has 1 atom stereocenters. The van der Waals surface area contributed by atoms with Crippen LogP contribution in [-0.4, -0.2) is 27.3 Å². The fourth-order valence-electron chi connectivity index (χ4n) is 0.654. The number of rotatable bonds is 5. The third kappa shape index (κ3) is 9.42. The van der Waals surface area contributed by atoms with E-state index in [1.54, 1.807) is 0 Å². The summed E-state index contributed by atoms with van der Waals surface area (Å²) in [6, 6.07) is 0. The van der Waals surface area contributed by atoms with E-state index in [9.17, 15) is 9.00 Å². The van der Waals surface area contributed by atoms with E-state index in [4.69, 9.17) is 9.89 Å². The molecule has 2 N–H and O–H groups in total. The van der Waals surface area contributed by atoms with Gasteiger partial charge in [0.1, 0.15) is 0 Å². The van der Waals surface area contributed by atoms with Gasteiger partial charge in [0, 0.05) is 28.2 Å². The highest BCUT2D eigenvalue weighted by Crippen LogP contribution is 1.98. The second-order valence-corrected chi connectivity index (χ2v) is 4.98. The van der Waals surface area contributed by atoms with Crippen LogP contribution >= 0.6 is 0 Å². The molecule has 0 bridgehead atoms. The van der Waals surface area contributed by atoms with E-state index in [1.165, 1.54) is 6.26 Å². The van der Waals surface area contributed by atoms with Crippen molar-refractivity contribution in [2.75, 3.05) is 12.0 Å². The minimum absolute atomic E-state index is 0.107. The first kappa shape index (κ1) is 10.4. The Morgan fingerprint density at radius 2 is 2.09 bits per heavy atom. The SMILES string of the molecule is CS(=N)(=O)CCCCC(=O)O. The first-order chi connectivity index (χ1) is 4.92. The lowest BCUT2D eigenvalue weighted by atomic mass is 10.3. The van der Waals surface area contributed by atoms with Gasteiger partial charge in [-0.1, -0.05) is 0 Å². The van der Waals surface area contributed by atoms with Gasteiger partial charge in [0.05, 0.1) is 0 Å². The molecule has 4 nitrogen and oxygen atoms in total. The Morgan fingerprint density at radius 3 is 2.45 bits per heavy atom. The van der Waals surface area contributed by atoms with Crippen LogP contribution in [0.3, 0.4) is 0 Å². The second-order valence-electron chi connectivity index (χ2n) is 2.56. The predicted octanol–water partition coefficient (Wildman–Crippen LogP) is 0.918.